The number of methoxy groups -OCH3 is 3. The van der Waals surface area contributed by atoms with Gasteiger partial charge in [0.1, 0.15) is 17.2 Å². The number of ether oxygens (including phenoxy) is 3. The Kier molecular flexibility index (Phi) is 7.40. The first-order valence-electron chi connectivity index (χ1n) is 10.0. The molecule has 1 heterocycles. The summed E-state index contributed by atoms with van der Waals surface area (Å²) in [5.74, 6) is 1.29. The fourth-order valence-electron chi connectivity index (χ4n) is 3.60. The highest BCUT2D eigenvalue weighted by Crippen LogP contribution is 2.27. The highest BCUT2D eigenvalue weighted by Gasteiger charge is 2.33. The number of nitrogens with zero attached hydrogens (tertiary/aromatic N) is 1. The second-order valence-corrected chi connectivity index (χ2v) is 9.21. The quantitative estimate of drug-likeness (QED) is 0.667. The number of nitrogens with one attached hydrogen (secondary N) is 1. The van der Waals surface area contributed by atoms with Crippen LogP contribution in [-0.2, 0) is 21.4 Å². The van der Waals surface area contributed by atoms with E-state index in [9.17, 15) is 13.2 Å². The molecule has 1 saturated heterocycles. The van der Waals surface area contributed by atoms with Crippen LogP contribution in [0.5, 0.6) is 17.2 Å². The van der Waals surface area contributed by atoms with Crippen molar-refractivity contribution in [2.24, 2.45) is 5.92 Å². The van der Waals surface area contributed by atoms with Crippen molar-refractivity contribution < 1.29 is 27.4 Å². The molecule has 8 nitrogen and oxygen atoms in total. The van der Waals surface area contributed by atoms with Gasteiger partial charge >= 0.3 is 0 Å². The van der Waals surface area contributed by atoms with Gasteiger partial charge < -0.3 is 19.5 Å². The Morgan fingerprint density at radius 2 is 1.71 bits per heavy atom. The molecule has 0 radical (unpaired) electrons. The smallest absolute Gasteiger partial charge is 0.243 e. The number of hydrogen-bond acceptors (Lipinski definition) is 6. The maximum Gasteiger partial charge on any atom is 0.243 e. The molecule has 31 heavy (non-hydrogen) atoms. The van der Waals surface area contributed by atoms with Crippen molar-refractivity contribution in [3.8, 4) is 17.2 Å². The Morgan fingerprint density at radius 3 is 2.35 bits per heavy atom. The third kappa shape index (κ3) is 5.29. The highest BCUT2D eigenvalue weighted by molar-refractivity contribution is 7.89. The van der Waals surface area contributed by atoms with Crippen molar-refractivity contribution in [1.82, 2.24) is 9.62 Å². The van der Waals surface area contributed by atoms with Gasteiger partial charge in [-0.25, -0.2) is 8.42 Å². The molecule has 9 heteroatoms. The molecule has 1 aliphatic rings. The van der Waals surface area contributed by atoms with Crippen LogP contribution in [0.25, 0.3) is 0 Å². The fraction of sp³-hybridized carbons (Fsp3) is 0.409. The molecule has 1 fully saturated rings. The molecule has 1 amide bonds. The highest BCUT2D eigenvalue weighted by atomic mass is 32.2. The predicted octanol–water partition coefficient (Wildman–Crippen LogP) is 2.43. The molecule has 0 aromatic heterocycles. The van der Waals surface area contributed by atoms with Gasteiger partial charge in [-0.1, -0.05) is 0 Å². The van der Waals surface area contributed by atoms with Gasteiger partial charge in [0.05, 0.1) is 32.1 Å². The topological polar surface area (TPSA) is 94.2 Å². The van der Waals surface area contributed by atoms with E-state index in [-0.39, 0.29) is 23.9 Å². The van der Waals surface area contributed by atoms with Crippen LogP contribution in [0.1, 0.15) is 18.4 Å². The number of amides is 1. The van der Waals surface area contributed by atoms with Crippen LogP contribution >= 0.6 is 0 Å². The van der Waals surface area contributed by atoms with Gasteiger partial charge in [-0.2, -0.15) is 4.31 Å². The van der Waals surface area contributed by atoms with E-state index in [1.165, 1.54) is 23.5 Å². The van der Waals surface area contributed by atoms with E-state index < -0.39 is 15.9 Å². The van der Waals surface area contributed by atoms with E-state index in [2.05, 4.69) is 5.32 Å². The first-order valence-corrected chi connectivity index (χ1v) is 11.5. The summed E-state index contributed by atoms with van der Waals surface area (Å²) < 4.78 is 43.0. The molecule has 0 saturated carbocycles. The Morgan fingerprint density at radius 1 is 1.03 bits per heavy atom. The van der Waals surface area contributed by atoms with E-state index >= 15 is 0 Å². The first-order chi connectivity index (χ1) is 14.9. The van der Waals surface area contributed by atoms with Crippen molar-refractivity contribution in [2.75, 3.05) is 34.4 Å². The maximum atomic E-state index is 13.0. The van der Waals surface area contributed by atoms with Crippen LogP contribution in [0.4, 0.5) is 0 Å². The van der Waals surface area contributed by atoms with Crippen LogP contribution in [0.3, 0.4) is 0 Å². The number of hydrogen-bond donors (Lipinski definition) is 1. The minimum atomic E-state index is -3.68. The monoisotopic (exact) mass is 448 g/mol. The third-order valence-electron chi connectivity index (χ3n) is 5.40. The van der Waals surface area contributed by atoms with Gasteiger partial charge in [0.15, 0.2) is 0 Å². The summed E-state index contributed by atoms with van der Waals surface area (Å²) in [5.41, 5.74) is 0.815. The zero-order valence-electron chi connectivity index (χ0n) is 18.0. The summed E-state index contributed by atoms with van der Waals surface area (Å²) >= 11 is 0. The van der Waals surface area contributed by atoms with Crippen molar-refractivity contribution in [3.05, 3.63) is 48.0 Å². The summed E-state index contributed by atoms with van der Waals surface area (Å²) in [6.45, 7) is 0.831. The van der Waals surface area contributed by atoms with Gasteiger partial charge in [0, 0.05) is 31.3 Å². The number of rotatable bonds is 8. The summed E-state index contributed by atoms with van der Waals surface area (Å²) in [5, 5.41) is 2.91. The van der Waals surface area contributed by atoms with Crippen molar-refractivity contribution >= 4 is 15.9 Å². The molecule has 0 spiro atoms. The van der Waals surface area contributed by atoms with E-state index in [4.69, 9.17) is 14.2 Å². The molecule has 0 aliphatic carbocycles. The molecule has 2 aromatic carbocycles. The Hall–Kier alpha value is -2.78. The number of carbonyl (C=O) groups is 1. The van der Waals surface area contributed by atoms with Crippen LogP contribution in [-0.4, -0.2) is 53.0 Å². The second kappa shape index (κ2) is 10.0. The lowest BCUT2D eigenvalue weighted by Gasteiger charge is -2.31. The van der Waals surface area contributed by atoms with Crippen molar-refractivity contribution in [2.45, 2.75) is 24.3 Å². The Labute approximate surface area is 183 Å². The molecule has 2 aromatic rings. The molecule has 1 unspecified atom stereocenters. The van der Waals surface area contributed by atoms with Gasteiger partial charge in [-0.05, 0) is 49.2 Å². The van der Waals surface area contributed by atoms with Crippen LogP contribution in [0, 0.1) is 5.92 Å². The lowest BCUT2D eigenvalue weighted by atomic mass is 9.98. The average Bonchev–Trinajstić information content (AvgIpc) is 2.82. The number of sulfonamides is 1. The average molecular weight is 449 g/mol. The molecule has 1 atom stereocenters. The van der Waals surface area contributed by atoms with Gasteiger partial charge in [-0.3, -0.25) is 4.79 Å². The predicted molar refractivity (Wildman–Crippen MR) is 116 cm³/mol. The Balaban J connectivity index is 1.65. The Bertz CT molecular complexity index is 1010. The summed E-state index contributed by atoms with van der Waals surface area (Å²) in [7, 11) is 0.985. The lowest BCUT2D eigenvalue weighted by Crippen LogP contribution is -2.45. The largest absolute Gasteiger partial charge is 0.497 e. The summed E-state index contributed by atoms with van der Waals surface area (Å²) in [6, 6.07) is 11.7. The molecule has 168 valence electrons. The van der Waals surface area contributed by atoms with Gasteiger partial charge in [0.2, 0.25) is 15.9 Å². The zero-order valence-corrected chi connectivity index (χ0v) is 18.8. The fourth-order valence-corrected chi connectivity index (χ4v) is 5.12. The summed E-state index contributed by atoms with van der Waals surface area (Å²) in [6.07, 6.45) is 1.26. The van der Waals surface area contributed by atoms with E-state index in [1.54, 1.807) is 38.5 Å². The van der Waals surface area contributed by atoms with E-state index in [0.717, 1.165) is 5.56 Å². The van der Waals surface area contributed by atoms with Crippen LogP contribution in [0.2, 0.25) is 0 Å². The standard InChI is InChI=1S/C22H28N2O6S/c1-28-18-8-10-20(11-9-18)31(26,27)24-12-4-5-17(15-24)22(25)23-14-16-6-7-19(29-2)13-21(16)30-3/h6-11,13,17H,4-5,12,14-15H2,1-3H3,(H,23,25). The number of benzene rings is 2. The van der Waals surface area contributed by atoms with Crippen LogP contribution in [0.15, 0.2) is 47.4 Å². The minimum Gasteiger partial charge on any atom is -0.497 e. The van der Waals surface area contributed by atoms with Crippen LogP contribution < -0.4 is 19.5 Å². The van der Waals surface area contributed by atoms with Crippen molar-refractivity contribution in [1.29, 1.82) is 0 Å². The molecule has 1 aliphatic heterocycles. The maximum absolute atomic E-state index is 13.0. The molecular weight excluding hydrogens is 420 g/mol. The molecule has 0 bridgehead atoms. The minimum absolute atomic E-state index is 0.153. The SMILES string of the molecule is COc1ccc(S(=O)(=O)N2CCCC(C(=O)NCc3ccc(OC)cc3OC)C2)cc1. The summed E-state index contributed by atoms with van der Waals surface area (Å²) in [4.78, 5) is 13.0. The van der Waals surface area contributed by atoms with E-state index in [1.807, 2.05) is 6.07 Å². The molecular formula is C22H28N2O6S. The molecule has 1 N–H and O–H groups in total. The van der Waals surface area contributed by atoms with Gasteiger partial charge in [0.25, 0.3) is 0 Å². The normalized spacial score (nSPS) is 17.1. The lowest BCUT2D eigenvalue weighted by molar-refractivity contribution is -0.126. The third-order valence-corrected chi connectivity index (χ3v) is 7.28. The zero-order chi connectivity index (χ0) is 22.4. The second-order valence-electron chi connectivity index (χ2n) is 7.27. The molecule has 3 rings (SSSR count). The van der Waals surface area contributed by atoms with Gasteiger partial charge in [-0.15, -0.1) is 0 Å². The number of piperidine rings is 1. The van der Waals surface area contributed by atoms with Crippen molar-refractivity contribution in [3.63, 3.8) is 0 Å². The number of carbonyl (C=O) groups excluding carboxylic acids is 1. The van der Waals surface area contributed by atoms with E-state index in [0.29, 0.717) is 36.6 Å². The first kappa shape index (κ1) is 22.9.